The lowest BCUT2D eigenvalue weighted by molar-refractivity contribution is -0.158. The van der Waals surface area contributed by atoms with Crippen LogP contribution in [0.5, 0.6) is 5.75 Å². The van der Waals surface area contributed by atoms with Gasteiger partial charge in [-0.25, -0.2) is 0 Å². The van der Waals surface area contributed by atoms with Crippen molar-refractivity contribution in [2.45, 2.75) is 60.5 Å². The quantitative estimate of drug-likeness (QED) is 0.550. The first kappa shape index (κ1) is 17.5. The smallest absolute Gasteiger partial charge is 0.311 e. The van der Waals surface area contributed by atoms with Crippen molar-refractivity contribution in [2.75, 3.05) is 6.61 Å². The molecule has 0 aliphatic heterocycles. The van der Waals surface area contributed by atoms with Crippen molar-refractivity contribution < 1.29 is 14.3 Å². The second kappa shape index (κ2) is 7.48. The van der Waals surface area contributed by atoms with E-state index in [1.165, 1.54) is 5.56 Å². The zero-order chi connectivity index (χ0) is 16.0. The molecule has 118 valence electrons. The molecule has 1 aromatic carbocycles. The standard InChI is InChI=1S/C18H28O3/c1-13(2)21-17(19)18(5,6)10-7-11-20-16-12-14(3)8-9-15(16)4/h8-9,12-13H,7,10-11H2,1-6H3. The van der Waals surface area contributed by atoms with Gasteiger partial charge in [-0.2, -0.15) is 0 Å². The van der Waals surface area contributed by atoms with Crippen LogP contribution in [0.2, 0.25) is 0 Å². The Hall–Kier alpha value is -1.51. The van der Waals surface area contributed by atoms with E-state index in [1.807, 2.05) is 40.7 Å². The predicted octanol–water partition coefficient (Wildman–Crippen LogP) is 4.44. The molecule has 0 unspecified atom stereocenters. The molecule has 0 fully saturated rings. The Morgan fingerprint density at radius 1 is 1.24 bits per heavy atom. The van der Waals surface area contributed by atoms with E-state index >= 15 is 0 Å². The fraction of sp³-hybridized carbons (Fsp3) is 0.611. The van der Waals surface area contributed by atoms with Crippen molar-refractivity contribution in [1.82, 2.24) is 0 Å². The van der Waals surface area contributed by atoms with Gasteiger partial charge in [0, 0.05) is 0 Å². The molecule has 0 aliphatic carbocycles. The average molecular weight is 292 g/mol. The van der Waals surface area contributed by atoms with Crippen LogP contribution in [0.4, 0.5) is 0 Å². The van der Waals surface area contributed by atoms with Gasteiger partial charge in [0.1, 0.15) is 5.75 Å². The highest BCUT2D eigenvalue weighted by Gasteiger charge is 2.29. The van der Waals surface area contributed by atoms with E-state index in [1.54, 1.807) is 0 Å². The highest BCUT2D eigenvalue weighted by molar-refractivity contribution is 5.75. The zero-order valence-electron chi connectivity index (χ0n) is 14.2. The normalized spacial score (nSPS) is 11.6. The van der Waals surface area contributed by atoms with Gasteiger partial charge >= 0.3 is 5.97 Å². The largest absolute Gasteiger partial charge is 0.493 e. The molecule has 3 nitrogen and oxygen atoms in total. The summed E-state index contributed by atoms with van der Waals surface area (Å²) in [6.07, 6.45) is 1.51. The van der Waals surface area contributed by atoms with Gasteiger partial charge < -0.3 is 9.47 Å². The number of aryl methyl sites for hydroxylation is 2. The highest BCUT2D eigenvalue weighted by atomic mass is 16.5. The minimum atomic E-state index is -0.463. The molecule has 0 heterocycles. The Balaban J connectivity index is 2.42. The summed E-state index contributed by atoms with van der Waals surface area (Å²) < 4.78 is 11.1. The third-order valence-electron chi connectivity index (χ3n) is 3.44. The first-order valence-corrected chi connectivity index (χ1v) is 7.63. The van der Waals surface area contributed by atoms with Gasteiger partial charge in [0.2, 0.25) is 0 Å². The summed E-state index contributed by atoms with van der Waals surface area (Å²) in [6, 6.07) is 6.19. The maximum atomic E-state index is 12.0. The molecule has 0 atom stereocenters. The number of carbonyl (C=O) groups excluding carboxylic acids is 1. The van der Waals surface area contributed by atoms with E-state index < -0.39 is 5.41 Å². The Kier molecular flexibility index (Phi) is 6.25. The zero-order valence-corrected chi connectivity index (χ0v) is 14.2. The molecule has 0 aliphatic rings. The van der Waals surface area contributed by atoms with Crippen molar-refractivity contribution >= 4 is 5.97 Å². The van der Waals surface area contributed by atoms with Gasteiger partial charge in [0.25, 0.3) is 0 Å². The van der Waals surface area contributed by atoms with E-state index in [-0.39, 0.29) is 12.1 Å². The van der Waals surface area contributed by atoms with Crippen LogP contribution in [0, 0.1) is 19.3 Å². The second-order valence-electron chi connectivity index (χ2n) is 6.56. The topological polar surface area (TPSA) is 35.5 Å². The van der Waals surface area contributed by atoms with E-state index in [0.717, 1.165) is 24.2 Å². The van der Waals surface area contributed by atoms with Crippen molar-refractivity contribution in [3.8, 4) is 5.75 Å². The van der Waals surface area contributed by atoms with Gasteiger partial charge in [-0.05, 0) is 71.6 Å². The van der Waals surface area contributed by atoms with Gasteiger partial charge in [0.15, 0.2) is 0 Å². The van der Waals surface area contributed by atoms with Crippen LogP contribution in [0.15, 0.2) is 18.2 Å². The van der Waals surface area contributed by atoms with Gasteiger partial charge in [-0.3, -0.25) is 4.79 Å². The van der Waals surface area contributed by atoms with Crippen molar-refractivity contribution in [2.24, 2.45) is 5.41 Å². The number of benzene rings is 1. The summed E-state index contributed by atoms with van der Waals surface area (Å²) in [5.41, 5.74) is 1.87. The molecule has 0 amide bonds. The maximum Gasteiger partial charge on any atom is 0.311 e. The lowest BCUT2D eigenvalue weighted by Crippen LogP contribution is -2.29. The van der Waals surface area contributed by atoms with E-state index in [2.05, 4.69) is 19.1 Å². The fourth-order valence-electron chi connectivity index (χ4n) is 2.03. The molecule has 0 aromatic heterocycles. The van der Waals surface area contributed by atoms with E-state index in [4.69, 9.17) is 9.47 Å². The predicted molar refractivity (Wildman–Crippen MR) is 85.7 cm³/mol. The second-order valence-corrected chi connectivity index (χ2v) is 6.56. The molecule has 0 saturated heterocycles. The Morgan fingerprint density at radius 3 is 2.52 bits per heavy atom. The SMILES string of the molecule is Cc1ccc(C)c(OCCCC(C)(C)C(=O)OC(C)C)c1. The Bertz CT molecular complexity index is 475. The van der Waals surface area contributed by atoms with Gasteiger partial charge in [0.05, 0.1) is 18.1 Å². The summed E-state index contributed by atoms with van der Waals surface area (Å²) in [4.78, 5) is 12.0. The van der Waals surface area contributed by atoms with Gasteiger partial charge in [-0.15, -0.1) is 0 Å². The van der Waals surface area contributed by atoms with Crippen molar-refractivity contribution in [3.05, 3.63) is 29.3 Å². The van der Waals surface area contributed by atoms with Crippen LogP contribution in [-0.4, -0.2) is 18.7 Å². The number of carbonyl (C=O) groups is 1. The van der Waals surface area contributed by atoms with Crippen LogP contribution in [-0.2, 0) is 9.53 Å². The third kappa shape index (κ3) is 5.78. The summed E-state index contributed by atoms with van der Waals surface area (Å²) in [7, 11) is 0. The average Bonchev–Trinajstić information content (AvgIpc) is 2.37. The molecule has 1 rings (SSSR count). The van der Waals surface area contributed by atoms with E-state index in [9.17, 15) is 4.79 Å². The molecule has 3 heteroatoms. The van der Waals surface area contributed by atoms with Crippen LogP contribution >= 0.6 is 0 Å². The molecule has 0 radical (unpaired) electrons. The molecule has 0 saturated carbocycles. The Morgan fingerprint density at radius 2 is 1.90 bits per heavy atom. The number of ether oxygens (including phenoxy) is 2. The summed E-state index contributed by atoms with van der Waals surface area (Å²) >= 11 is 0. The number of esters is 1. The minimum absolute atomic E-state index is 0.0667. The minimum Gasteiger partial charge on any atom is -0.493 e. The third-order valence-corrected chi connectivity index (χ3v) is 3.44. The molecular formula is C18H28O3. The van der Waals surface area contributed by atoms with Crippen LogP contribution in [0.1, 0.15) is 51.7 Å². The number of hydrogen-bond acceptors (Lipinski definition) is 3. The van der Waals surface area contributed by atoms with Crippen LogP contribution in [0.3, 0.4) is 0 Å². The maximum absolute atomic E-state index is 12.0. The number of rotatable bonds is 7. The molecule has 1 aromatic rings. The van der Waals surface area contributed by atoms with Gasteiger partial charge in [-0.1, -0.05) is 12.1 Å². The lowest BCUT2D eigenvalue weighted by Gasteiger charge is -2.24. The Labute approximate surface area is 128 Å². The first-order chi connectivity index (χ1) is 9.72. The monoisotopic (exact) mass is 292 g/mol. The van der Waals surface area contributed by atoms with Crippen LogP contribution < -0.4 is 4.74 Å². The van der Waals surface area contributed by atoms with Crippen LogP contribution in [0.25, 0.3) is 0 Å². The number of hydrogen-bond donors (Lipinski definition) is 0. The molecule has 0 spiro atoms. The van der Waals surface area contributed by atoms with Crippen molar-refractivity contribution in [3.63, 3.8) is 0 Å². The summed E-state index contributed by atoms with van der Waals surface area (Å²) in [6.45, 7) is 12.3. The lowest BCUT2D eigenvalue weighted by atomic mass is 9.88. The highest BCUT2D eigenvalue weighted by Crippen LogP contribution is 2.25. The molecule has 0 bridgehead atoms. The molecular weight excluding hydrogens is 264 g/mol. The fourth-order valence-corrected chi connectivity index (χ4v) is 2.03. The summed E-state index contributed by atoms with van der Waals surface area (Å²) in [5.74, 6) is 0.793. The molecule has 0 N–H and O–H groups in total. The van der Waals surface area contributed by atoms with E-state index in [0.29, 0.717) is 6.61 Å². The summed E-state index contributed by atoms with van der Waals surface area (Å²) in [5, 5.41) is 0. The molecule has 21 heavy (non-hydrogen) atoms. The first-order valence-electron chi connectivity index (χ1n) is 7.63. The van der Waals surface area contributed by atoms with Crippen molar-refractivity contribution in [1.29, 1.82) is 0 Å².